The lowest BCUT2D eigenvalue weighted by molar-refractivity contribution is -0.142. The van der Waals surface area contributed by atoms with E-state index in [1.807, 2.05) is 94.1 Å². The van der Waals surface area contributed by atoms with Gasteiger partial charge in [0.25, 0.3) is 0 Å². The molecule has 0 aliphatic rings. The highest BCUT2D eigenvalue weighted by Gasteiger charge is 2.39. The molecule has 0 saturated heterocycles. The van der Waals surface area contributed by atoms with Crippen molar-refractivity contribution in [3.8, 4) is 28.6 Å². The van der Waals surface area contributed by atoms with E-state index in [2.05, 4.69) is 47.6 Å². The number of hydrogen-bond donors (Lipinski definition) is 0. The number of hydrogen-bond acceptors (Lipinski definition) is 1. The molecule has 8 rings (SSSR count). The van der Waals surface area contributed by atoms with Gasteiger partial charge in [0.05, 0.1) is 50.1 Å². The Bertz CT molecular complexity index is 2920. The fourth-order valence-corrected chi connectivity index (χ4v) is 7.84. The van der Waals surface area contributed by atoms with Gasteiger partial charge < -0.3 is 9.13 Å². The van der Waals surface area contributed by atoms with Gasteiger partial charge in [0, 0.05) is 27.1 Å². The number of fused-ring (bicyclic) bond motifs is 6. The second-order valence-electron chi connectivity index (χ2n) is 16.4. The van der Waals surface area contributed by atoms with Gasteiger partial charge in [0.2, 0.25) is 0 Å². The van der Waals surface area contributed by atoms with Crippen molar-refractivity contribution < 1.29 is 26.3 Å². The van der Waals surface area contributed by atoms with Gasteiger partial charge in [-0.2, -0.15) is 31.6 Å². The van der Waals surface area contributed by atoms with Crippen LogP contribution in [0.4, 0.5) is 26.3 Å². The summed E-state index contributed by atoms with van der Waals surface area (Å²) >= 11 is 0. The Morgan fingerprint density at radius 2 is 0.911 bits per heavy atom. The Labute approximate surface area is 320 Å². The van der Waals surface area contributed by atoms with Crippen molar-refractivity contribution in [2.45, 2.75) is 64.7 Å². The van der Waals surface area contributed by atoms with Crippen molar-refractivity contribution in [2.24, 2.45) is 0 Å². The highest BCUT2D eigenvalue weighted by Crippen LogP contribution is 2.46. The predicted octanol–water partition coefficient (Wildman–Crippen LogP) is 14.1. The van der Waals surface area contributed by atoms with Crippen molar-refractivity contribution in [3.63, 3.8) is 0 Å². The number of benzene rings is 6. The normalized spacial score (nSPS) is 13.0. The van der Waals surface area contributed by atoms with E-state index in [4.69, 9.17) is 0 Å². The summed E-state index contributed by atoms with van der Waals surface area (Å²) in [6.45, 7) is 12.4. The molecule has 0 fully saturated rings. The van der Waals surface area contributed by atoms with Crippen molar-refractivity contribution >= 4 is 43.6 Å². The molecule has 0 unspecified atom stereocenters. The van der Waals surface area contributed by atoms with E-state index in [1.54, 1.807) is 6.07 Å². The van der Waals surface area contributed by atoms with Gasteiger partial charge in [0.1, 0.15) is 6.07 Å². The van der Waals surface area contributed by atoms with Crippen LogP contribution in [0.15, 0.2) is 115 Å². The number of nitriles is 1. The molecule has 8 aromatic rings. The van der Waals surface area contributed by atoms with E-state index < -0.39 is 29.0 Å². The SMILES string of the molecule is CC(C)(C)c1ccc2c3ccccc3n(-c3cc(-c4ccc(C(F)(F)F)cc4C(F)(F)F)c(-n4c5ccccc5c5ccc(C(C)(C)C)cc54)cc3C#N)c2c1. The average molecular weight is 758 g/mol. The largest absolute Gasteiger partial charge is 0.417 e. The zero-order chi connectivity index (χ0) is 40.1. The molecule has 282 valence electrons. The number of halogens is 6. The Morgan fingerprint density at radius 1 is 0.446 bits per heavy atom. The summed E-state index contributed by atoms with van der Waals surface area (Å²) in [6.07, 6.45) is -10.2. The summed E-state index contributed by atoms with van der Waals surface area (Å²) in [7, 11) is 0. The van der Waals surface area contributed by atoms with Gasteiger partial charge in [-0.1, -0.05) is 108 Å². The maximum atomic E-state index is 15.1. The van der Waals surface area contributed by atoms with Gasteiger partial charge in [-0.25, -0.2) is 0 Å². The molecule has 0 N–H and O–H groups in total. The summed E-state index contributed by atoms with van der Waals surface area (Å²) in [4.78, 5) is 0. The van der Waals surface area contributed by atoms with Crippen LogP contribution >= 0.6 is 0 Å². The fraction of sp³-hybridized carbons (Fsp3) is 0.213. The van der Waals surface area contributed by atoms with E-state index in [0.717, 1.165) is 49.8 Å². The number of nitrogens with zero attached hydrogens (tertiary/aromatic N) is 3. The topological polar surface area (TPSA) is 33.6 Å². The molecule has 9 heteroatoms. The minimum Gasteiger partial charge on any atom is -0.309 e. The van der Waals surface area contributed by atoms with Gasteiger partial charge in [-0.3, -0.25) is 0 Å². The second kappa shape index (κ2) is 12.5. The fourth-order valence-electron chi connectivity index (χ4n) is 7.84. The van der Waals surface area contributed by atoms with Crippen LogP contribution in [-0.4, -0.2) is 9.13 Å². The molecular weight excluding hydrogens is 721 g/mol. The van der Waals surface area contributed by atoms with Gasteiger partial charge in [-0.05, 0) is 76.1 Å². The molecule has 56 heavy (non-hydrogen) atoms. The monoisotopic (exact) mass is 757 g/mol. The molecule has 0 radical (unpaired) electrons. The smallest absolute Gasteiger partial charge is 0.309 e. The first-order valence-electron chi connectivity index (χ1n) is 18.2. The van der Waals surface area contributed by atoms with E-state index in [0.29, 0.717) is 22.8 Å². The zero-order valence-electron chi connectivity index (χ0n) is 31.6. The molecule has 0 aliphatic carbocycles. The van der Waals surface area contributed by atoms with Crippen LogP contribution in [0.3, 0.4) is 0 Å². The molecule has 0 aliphatic heterocycles. The van der Waals surface area contributed by atoms with Crippen molar-refractivity contribution in [3.05, 3.63) is 143 Å². The average Bonchev–Trinajstić information content (AvgIpc) is 3.64. The van der Waals surface area contributed by atoms with Crippen molar-refractivity contribution in [1.82, 2.24) is 9.13 Å². The predicted molar refractivity (Wildman–Crippen MR) is 213 cm³/mol. The zero-order valence-corrected chi connectivity index (χ0v) is 31.6. The Morgan fingerprint density at radius 3 is 1.38 bits per heavy atom. The Balaban J connectivity index is 1.57. The van der Waals surface area contributed by atoms with E-state index >= 15 is 13.2 Å². The number of alkyl halides is 6. The highest BCUT2D eigenvalue weighted by molar-refractivity contribution is 6.11. The molecule has 2 aromatic heterocycles. The summed E-state index contributed by atoms with van der Waals surface area (Å²) in [5.41, 5.74) is 1.66. The summed E-state index contributed by atoms with van der Waals surface area (Å²) in [5.74, 6) is 0. The molecular formula is C47H37F6N3. The lowest BCUT2D eigenvalue weighted by atomic mass is 9.86. The Kier molecular flexibility index (Phi) is 8.25. The van der Waals surface area contributed by atoms with Crippen LogP contribution < -0.4 is 0 Å². The van der Waals surface area contributed by atoms with Crippen LogP contribution in [0.5, 0.6) is 0 Å². The number of aromatic nitrogens is 2. The summed E-state index contributed by atoms with van der Waals surface area (Å²) in [6, 6.07) is 34.4. The number of rotatable bonds is 3. The van der Waals surface area contributed by atoms with Crippen LogP contribution in [0.25, 0.3) is 66.1 Å². The molecule has 0 bridgehead atoms. The van der Waals surface area contributed by atoms with Crippen LogP contribution in [0.1, 0.15) is 69.4 Å². The second-order valence-corrected chi connectivity index (χ2v) is 16.4. The molecule has 3 nitrogen and oxygen atoms in total. The first-order valence-corrected chi connectivity index (χ1v) is 18.2. The third-order valence-corrected chi connectivity index (χ3v) is 10.7. The van der Waals surface area contributed by atoms with Crippen LogP contribution in [0, 0.1) is 11.3 Å². The third kappa shape index (κ3) is 5.99. The molecule has 0 amide bonds. The third-order valence-electron chi connectivity index (χ3n) is 10.7. The standard InChI is InChI=1S/C47H37F6N3/c1-44(2,3)28-15-19-34-32-11-7-9-13-38(32)55(42(34)23-28)40-25-36(31-18-17-30(46(48,49)50)22-37(31)47(51,52)53)41(21-27(40)26-54)56-39-14-10-8-12-33(39)35-20-16-29(24-43(35)56)45(4,5)6/h7-25H,1-6H3. The summed E-state index contributed by atoms with van der Waals surface area (Å²) in [5, 5.41) is 14.4. The molecule has 0 saturated carbocycles. The van der Waals surface area contributed by atoms with Gasteiger partial charge >= 0.3 is 12.4 Å². The quantitative estimate of drug-likeness (QED) is 0.165. The first kappa shape index (κ1) is 36.9. The van der Waals surface area contributed by atoms with Crippen molar-refractivity contribution in [2.75, 3.05) is 0 Å². The maximum absolute atomic E-state index is 15.1. The van der Waals surface area contributed by atoms with E-state index in [1.165, 1.54) is 6.07 Å². The molecule has 0 spiro atoms. The van der Waals surface area contributed by atoms with E-state index in [-0.39, 0.29) is 33.7 Å². The minimum absolute atomic E-state index is 0.0155. The molecule has 6 aromatic carbocycles. The highest BCUT2D eigenvalue weighted by atomic mass is 19.4. The van der Waals surface area contributed by atoms with Crippen molar-refractivity contribution in [1.29, 1.82) is 5.26 Å². The summed E-state index contributed by atoms with van der Waals surface area (Å²) < 4.78 is 91.2. The van der Waals surface area contributed by atoms with Gasteiger partial charge in [0.15, 0.2) is 0 Å². The lowest BCUT2D eigenvalue weighted by Crippen LogP contribution is -2.13. The Hall–Kier alpha value is -6.01. The minimum atomic E-state index is -5.16. The van der Waals surface area contributed by atoms with Crippen LogP contribution in [-0.2, 0) is 23.2 Å². The molecule has 2 heterocycles. The molecule has 0 atom stereocenters. The van der Waals surface area contributed by atoms with E-state index in [9.17, 15) is 18.4 Å². The lowest BCUT2D eigenvalue weighted by Gasteiger charge is -2.23. The van der Waals surface area contributed by atoms with Crippen LogP contribution in [0.2, 0.25) is 0 Å². The van der Waals surface area contributed by atoms with Gasteiger partial charge in [-0.15, -0.1) is 0 Å². The maximum Gasteiger partial charge on any atom is 0.417 e. The number of para-hydroxylation sites is 2. The first-order chi connectivity index (χ1) is 26.3.